The van der Waals surface area contributed by atoms with Crippen LogP contribution in [0, 0.1) is 5.92 Å². The minimum atomic E-state index is -1.29. The van der Waals surface area contributed by atoms with Crippen LogP contribution in [-0.2, 0) is 25.7 Å². The molecule has 0 unspecified atom stereocenters. The van der Waals surface area contributed by atoms with Gasteiger partial charge in [-0.1, -0.05) is 33.0 Å². The molecule has 0 saturated carbocycles. The molecule has 0 saturated heterocycles. The summed E-state index contributed by atoms with van der Waals surface area (Å²) in [5, 5.41) is 17.5. The normalized spacial score (nSPS) is 20.6. The molecule has 3 amide bonds. The highest BCUT2D eigenvalue weighted by molar-refractivity contribution is 6.76. The zero-order chi connectivity index (χ0) is 29.3. The van der Waals surface area contributed by atoms with Gasteiger partial charge in [0.2, 0.25) is 5.91 Å². The first-order valence-electron chi connectivity index (χ1n) is 13.5. The molecule has 4 bridgehead atoms. The Morgan fingerprint density at radius 1 is 1.20 bits per heavy atom. The quantitative estimate of drug-likeness (QED) is 0.245. The molecule has 0 radical (unpaired) electrons. The average molecular weight is 576 g/mol. The first kappa shape index (κ1) is 31.1. The number of aromatic nitrogens is 2. The Morgan fingerprint density at radius 2 is 1.98 bits per heavy atom. The van der Waals surface area contributed by atoms with Gasteiger partial charge >= 0.3 is 12.2 Å². The summed E-state index contributed by atoms with van der Waals surface area (Å²) in [5.74, 6) is 0.0987. The molecule has 4 rings (SSSR count). The van der Waals surface area contributed by atoms with E-state index in [4.69, 9.17) is 19.2 Å². The first-order chi connectivity index (χ1) is 19.0. The van der Waals surface area contributed by atoms with Crippen LogP contribution in [-0.4, -0.2) is 67.8 Å². The molecule has 3 heterocycles. The van der Waals surface area contributed by atoms with E-state index < -0.39 is 26.3 Å². The van der Waals surface area contributed by atoms with Crippen LogP contribution in [0.4, 0.5) is 9.59 Å². The number of nitrogens with one attached hydrogen (secondary N) is 3. The zero-order valence-corrected chi connectivity index (χ0v) is 24.9. The van der Waals surface area contributed by atoms with Crippen molar-refractivity contribution in [3.63, 3.8) is 0 Å². The lowest BCUT2D eigenvalue weighted by Crippen LogP contribution is -2.30. The van der Waals surface area contributed by atoms with E-state index in [1.54, 1.807) is 12.2 Å². The summed E-state index contributed by atoms with van der Waals surface area (Å²) in [4.78, 5) is 41.2. The molecule has 40 heavy (non-hydrogen) atoms. The van der Waals surface area contributed by atoms with E-state index in [0.717, 1.165) is 23.0 Å². The summed E-state index contributed by atoms with van der Waals surface area (Å²) in [6, 6.07) is 0.452. The Morgan fingerprint density at radius 3 is 2.67 bits per heavy atom. The fourth-order valence-electron chi connectivity index (χ4n) is 4.16. The largest absolute Gasteiger partial charge is 0.465 e. The summed E-state index contributed by atoms with van der Waals surface area (Å²) in [6.07, 6.45) is 6.42. The van der Waals surface area contributed by atoms with E-state index in [1.165, 1.54) is 13.3 Å². The lowest BCUT2D eigenvalue weighted by atomic mass is 10.00. The second-order valence-corrected chi connectivity index (χ2v) is 16.7. The topological polar surface area (TPSA) is 153 Å². The second kappa shape index (κ2) is 14.3. The van der Waals surface area contributed by atoms with Gasteiger partial charge < -0.3 is 34.5 Å². The number of allylic oxidation sites excluding steroid dienone is 3. The van der Waals surface area contributed by atoms with Gasteiger partial charge in [0.05, 0.1) is 24.0 Å². The molecule has 1 aliphatic carbocycles. The van der Waals surface area contributed by atoms with Gasteiger partial charge in [-0.3, -0.25) is 10.1 Å². The summed E-state index contributed by atoms with van der Waals surface area (Å²) in [5.41, 5.74) is 2.89. The van der Waals surface area contributed by atoms with Crippen molar-refractivity contribution in [2.45, 2.75) is 64.6 Å². The van der Waals surface area contributed by atoms with E-state index in [2.05, 4.69) is 35.6 Å². The molecule has 0 aromatic carbocycles. The van der Waals surface area contributed by atoms with E-state index in [0.29, 0.717) is 37.4 Å². The fraction of sp³-hybridized carbons (Fsp3) is 0.556. The standard InChI is InChI=1S/C27H41N5O7Si/c1-18-7-6-8-21(30-26(34)35)24-31-22-20(23(22)32(24)17-38-15-16-40(3,4)5)10-9-19(11-12-28-25(18)33)29-27(36)39-14-13-37-2/h9-12,18,21,30H,6-8,13-17H2,1-5H3,(H,28,33)(H,29,36)(H,34,35)/b12-11?,19-9?,20-10-/t18-,21+/m1/s1. The maximum absolute atomic E-state index is 12.6. The van der Waals surface area contributed by atoms with Crippen molar-refractivity contribution in [2.24, 2.45) is 5.92 Å². The van der Waals surface area contributed by atoms with Gasteiger partial charge in [-0.05, 0) is 37.1 Å². The van der Waals surface area contributed by atoms with Crippen LogP contribution in [0.2, 0.25) is 25.7 Å². The number of imidazole rings is 1. The van der Waals surface area contributed by atoms with E-state index >= 15 is 0 Å². The summed E-state index contributed by atoms with van der Waals surface area (Å²) in [7, 11) is 0.228. The summed E-state index contributed by atoms with van der Waals surface area (Å²) >= 11 is 0. The first-order valence-corrected chi connectivity index (χ1v) is 17.2. The van der Waals surface area contributed by atoms with Crippen LogP contribution in [0.1, 0.15) is 49.4 Å². The molecule has 2 aliphatic heterocycles. The van der Waals surface area contributed by atoms with Crippen molar-refractivity contribution in [3.8, 4) is 0 Å². The van der Waals surface area contributed by atoms with Crippen LogP contribution < -0.4 is 16.0 Å². The SMILES string of the molecule is COCCOC(=O)NC1=C/C=C2/c3nc(n(COCC[Si](C)(C)C)c32)[C@@H](NC(=O)O)CCC[C@@H](C)C(=O)NC=C1. The molecule has 2 atom stereocenters. The molecule has 0 fully saturated rings. The van der Waals surface area contributed by atoms with Gasteiger partial charge in [-0.15, -0.1) is 0 Å². The Balaban J connectivity index is 1.91. The minimum Gasteiger partial charge on any atom is -0.465 e. The third kappa shape index (κ3) is 9.35. The van der Waals surface area contributed by atoms with Crippen LogP contribution in [0.3, 0.4) is 0 Å². The Bertz CT molecular complexity index is 1170. The molecule has 4 N–H and O–H groups in total. The van der Waals surface area contributed by atoms with Gasteiger partial charge in [0.15, 0.2) is 0 Å². The zero-order valence-electron chi connectivity index (χ0n) is 23.9. The van der Waals surface area contributed by atoms with Gasteiger partial charge in [0.25, 0.3) is 0 Å². The number of carbonyl (C=O) groups excluding carboxylic acids is 2. The molecule has 1 aromatic heterocycles. The van der Waals surface area contributed by atoms with Gasteiger partial charge in [-0.25, -0.2) is 14.6 Å². The molecule has 13 heteroatoms. The number of hydrogen-bond acceptors (Lipinski definition) is 7. The monoisotopic (exact) mass is 575 g/mol. The van der Waals surface area contributed by atoms with Crippen molar-refractivity contribution in [2.75, 3.05) is 26.9 Å². The molecule has 12 nitrogen and oxygen atoms in total. The number of methoxy groups -OCH3 is 1. The van der Waals surface area contributed by atoms with Crippen LogP contribution in [0.5, 0.6) is 0 Å². The molecule has 0 spiro atoms. The fourth-order valence-corrected chi connectivity index (χ4v) is 4.92. The molecular formula is C27H41N5O7Si. The number of fused-ring (bicyclic) bond motifs is 9. The third-order valence-electron chi connectivity index (χ3n) is 6.53. The second-order valence-electron chi connectivity index (χ2n) is 11.1. The Hall–Kier alpha value is -3.42. The number of nitrogens with zero attached hydrogens (tertiary/aromatic N) is 2. The molecule has 220 valence electrons. The predicted molar refractivity (Wildman–Crippen MR) is 152 cm³/mol. The number of carbonyl (C=O) groups is 3. The van der Waals surface area contributed by atoms with Crippen LogP contribution >= 0.6 is 0 Å². The maximum Gasteiger partial charge on any atom is 0.411 e. The smallest absolute Gasteiger partial charge is 0.411 e. The number of rotatable bonds is 10. The van der Waals surface area contributed by atoms with Gasteiger partial charge in [0, 0.05) is 45.2 Å². The van der Waals surface area contributed by atoms with Gasteiger partial charge in [-0.2, -0.15) is 0 Å². The Labute approximate surface area is 235 Å². The van der Waals surface area contributed by atoms with Crippen molar-refractivity contribution in [1.82, 2.24) is 25.5 Å². The minimum absolute atomic E-state index is 0.0974. The number of alkyl carbamates (subject to hydrolysis) is 1. The number of amides is 3. The lowest BCUT2D eigenvalue weighted by molar-refractivity contribution is -0.123. The van der Waals surface area contributed by atoms with Crippen molar-refractivity contribution in [1.29, 1.82) is 0 Å². The summed E-state index contributed by atoms with van der Waals surface area (Å²) < 4.78 is 18.0. The maximum atomic E-state index is 12.6. The van der Waals surface area contributed by atoms with Crippen molar-refractivity contribution >= 4 is 31.7 Å². The van der Waals surface area contributed by atoms with Crippen molar-refractivity contribution < 1.29 is 33.7 Å². The molecular weight excluding hydrogens is 534 g/mol. The molecule has 1 aromatic rings. The van der Waals surface area contributed by atoms with Crippen LogP contribution in [0.25, 0.3) is 5.57 Å². The lowest BCUT2D eigenvalue weighted by Gasteiger charge is -2.21. The highest BCUT2D eigenvalue weighted by Gasteiger charge is 2.37. The highest BCUT2D eigenvalue weighted by Crippen LogP contribution is 2.44. The van der Waals surface area contributed by atoms with E-state index in [9.17, 15) is 19.5 Å². The predicted octanol–water partition coefficient (Wildman–Crippen LogP) is 3.96. The Kier molecular flexibility index (Phi) is 11.1. The van der Waals surface area contributed by atoms with E-state index in [-0.39, 0.29) is 31.8 Å². The van der Waals surface area contributed by atoms with Crippen molar-refractivity contribution in [3.05, 3.63) is 47.3 Å². The van der Waals surface area contributed by atoms with E-state index in [1.807, 2.05) is 17.6 Å². The molecule has 3 aliphatic rings. The number of hydrogen-bond donors (Lipinski definition) is 4. The average Bonchev–Trinajstić information content (AvgIpc) is 3.41. The number of carboxylic acid groups (broad SMARTS) is 1. The third-order valence-corrected chi connectivity index (χ3v) is 8.24. The highest BCUT2D eigenvalue weighted by atomic mass is 28.3. The van der Waals surface area contributed by atoms with Crippen LogP contribution in [0.15, 0.2) is 30.1 Å². The van der Waals surface area contributed by atoms with Gasteiger partial charge in [0.1, 0.15) is 19.2 Å². The number of ether oxygens (including phenoxy) is 3. The summed E-state index contributed by atoms with van der Waals surface area (Å²) in [6.45, 7) is 9.88.